The smallest absolute Gasteiger partial charge is 0.334 e. The Morgan fingerprint density at radius 2 is 1.34 bits per heavy atom. The van der Waals surface area contributed by atoms with Crippen LogP contribution < -0.4 is 20.3 Å². The first-order valence-corrected chi connectivity index (χ1v) is 12.9. The van der Waals surface area contributed by atoms with Gasteiger partial charge in [-0.05, 0) is 61.4 Å². The van der Waals surface area contributed by atoms with Crippen molar-refractivity contribution in [3.05, 3.63) is 87.7 Å². The van der Waals surface area contributed by atoms with Gasteiger partial charge < -0.3 is 13.9 Å². The van der Waals surface area contributed by atoms with Crippen molar-refractivity contribution in [1.29, 1.82) is 0 Å². The monoisotopic (exact) mass is 592 g/mol. The quantitative estimate of drug-likeness (QED) is 0.210. The molecule has 2 aromatic carbocycles. The highest BCUT2D eigenvalue weighted by atomic mass is 35.5. The van der Waals surface area contributed by atoms with Crippen molar-refractivity contribution in [2.45, 2.75) is 20.5 Å². The first-order valence-electron chi connectivity index (χ1n) is 12.2. The summed E-state index contributed by atoms with van der Waals surface area (Å²) in [5.41, 5.74) is 9.87. The number of nitrogens with one attached hydrogen (secondary N) is 2. The van der Waals surface area contributed by atoms with Crippen molar-refractivity contribution in [2.75, 3.05) is 12.0 Å². The molecule has 41 heavy (non-hydrogen) atoms. The number of carbonyl (C=O) groups excluding carboxylic acids is 1. The lowest BCUT2D eigenvalue weighted by molar-refractivity contribution is -0.122. The predicted octanol–water partition coefficient (Wildman–Crippen LogP) is 5.01. The lowest BCUT2D eigenvalue weighted by atomic mass is 10.1. The molecule has 0 atom stereocenters. The number of aromatic nitrogens is 6. The molecule has 208 valence electrons. The molecule has 2 N–H and O–H groups in total. The van der Waals surface area contributed by atoms with E-state index in [1.54, 1.807) is 30.3 Å². The van der Waals surface area contributed by atoms with Gasteiger partial charge in [0.05, 0.1) is 11.4 Å². The summed E-state index contributed by atoms with van der Waals surface area (Å²) in [5.74, 6) is 0.109. The molecule has 3 aromatic heterocycles. The summed E-state index contributed by atoms with van der Waals surface area (Å²) in [7, 11) is 0. The first kappa shape index (κ1) is 27.7. The summed E-state index contributed by atoms with van der Waals surface area (Å²) in [6.45, 7) is 3.45. The Morgan fingerprint density at radius 1 is 0.756 bits per heavy atom. The molecule has 0 aliphatic rings. The van der Waals surface area contributed by atoms with Crippen molar-refractivity contribution >= 4 is 35.1 Å². The molecule has 5 aromatic rings. The Morgan fingerprint density at radius 3 is 1.88 bits per heavy atom. The molecular weight excluding hydrogens is 571 g/mol. The lowest BCUT2D eigenvalue weighted by Crippen LogP contribution is -2.33. The second-order valence-electron chi connectivity index (χ2n) is 8.69. The van der Waals surface area contributed by atoms with Crippen molar-refractivity contribution in [3.8, 4) is 34.3 Å². The highest BCUT2D eigenvalue weighted by Crippen LogP contribution is 2.25. The minimum Gasteiger partial charge on any atom is -0.467 e. The zero-order valence-electron chi connectivity index (χ0n) is 21.8. The number of rotatable bonds is 10. The van der Waals surface area contributed by atoms with Crippen LogP contribution in [0.4, 0.5) is 6.01 Å². The Hall–Kier alpha value is -4.81. The van der Waals surface area contributed by atoms with Gasteiger partial charge in [0.15, 0.2) is 13.2 Å². The molecule has 0 fully saturated rings. The number of halogens is 2. The lowest BCUT2D eigenvalue weighted by Gasteiger charge is -2.07. The van der Waals surface area contributed by atoms with Gasteiger partial charge in [0.2, 0.25) is 11.8 Å². The summed E-state index contributed by atoms with van der Waals surface area (Å²) in [6.07, 6.45) is 0. The van der Waals surface area contributed by atoms with Crippen LogP contribution in [0.5, 0.6) is 11.8 Å². The van der Waals surface area contributed by atoms with Crippen molar-refractivity contribution in [2.24, 2.45) is 0 Å². The molecule has 0 aliphatic heterocycles. The number of aryl methyl sites for hydroxylation is 2. The van der Waals surface area contributed by atoms with Crippen LogP contribution in [0.15, 0.2) is 65.1 Å². The normalized spacial score (nSPS) is 10.7. The zero-order chi connectivity index (χ0) is 28.8. The maximum absolute atomic E-state index is 12.1. The number of ether oxygens (including phenoxy) is 2. The van der Waals surface area contributed by atoms with Crippen LogP contribution in [-0.4, -0.2) is 43.1 Å². The molecule has 0 bridgehead atoms. The van der Waals surface area contributed by atoms with E-state index < -0.39 is 5.91 Å². The van der Waals surface area contributed by atoms with Crippen LogP contribution in [0.3, 0.4) is 0 Å². The van der Waals surface area contributed by atoms with Crippen molar-refractivity contribution in [3.63, 3.8) is 0 Å². The summed E-state index contributed by atoms with van der Waals surface area (Å²) in [6, 6.07) is 17.9. The van der Waals surface area contributed by atoms with E-state index in [0.29, 0.717) is 21.4 Å². The molecule has 0 aliphatic carbocycles. The van der Waals surface area contributed by atoms with E-state index in [4.69, 9.17) is 37.1 Å². The number of hydrogen-bond donors (Lipinski definition) is 2. The minimum absolute atomic E-state index is 0.0427. The fraction of sp³-hybridized carbons (Fsp3) is 0.148. The van der Waals surface area contributed by atoms with E-state index in [0.717, 1.165) is 22.3 Å². The first-order chi connectivity index (χ1) is 19.8. The SMILES string of the molecule is Cc1cc(-c2ccc(OCC(=O)NNc3nnc(COc4ccc(-c5ccc(Cl)c(C)c5)nn4)o3)nn2)ccc1Cl. The van der Waals surface area contributed by atoms with Crippen molar-refractivity contribution in [1.82, 2.24) is 36.0 Å². The molecule has 5 rings (SSSR count). The van der Waals surface area contributed by atoms with Crippen LogP contribution in [-0.2, 0) is 11.4 Å². The van der Waals surface area contributed by atoms with Gasteiger partial charge in [-0.2, -0.15) is 0 Å². The number of anilines is 1. The fourth-order valence-corrected chi connectivity index (χ4v) is 3.74. The molecule has 0 radical (unpaired) electrons. The van der Waals surface area contributed by atoms with Crippen LogP contribution in [0.2, 0.25) is 10.0 Å². The number of hydrogen-bond acceptors (Lipinski definition) is 11. The van der Waals surface area contributed by atoms with Crippen LogP contribution in [0, 0.1) is 13.8 Å². The number of benzene rings is 2. The highest BCUT2D eigenvalue weighted by molar-refractivity contribution is 6.31. The highest BCUT2D eigenvalue weighted by Gasteiger charge is 2.11. The summed E-state index contributed by atoms with van der Waals surface area (Å²) in [4.78, 5) is 12.1. The van der Waals surface area contributed by atoms with Gasteiger partial charge in [-0.3, -0.25) is 10.2 Å². The van der Waals surface area contributed by atoms with Crippen molar-refractivity contribution < 1.29 is 18.7 Å². The van der Waals surface area contributed by atoms with E-state index in [1.807, 2.05) is 44.2 Å². The molecule has 1 amide bonds. The molecule has 0 unspecified atom stereocenters. The largest absolute Gasteiger partial charge is 0.467 e. The van der Waals surface area contributed by atoms with Gasteiger partial charge in [-0.25, -0.2) is 5.43 Å². The Bertz CT molecular complexity index is 1660. The number of nitrogens with zero attached hydrogens (tertiary/aromatic N) is 6. The average Bonchev–Trinajstić information content (AvgIpc) is 3.45. The van der Waals surface area contributed by atoms with E-state index in [1.165, 1.54) is 0 Å². The molecule has 0 saturated heterocycles. The standard InChI is InChI=1S/C27H22Cl2N8O4/c1-15-11-17(3-5-19(15)28)21-7-9-24(33-30-21)39-13-23(38)32-36-27-37-35-26(41-27)14-40-25-10-8-22(31-34-25)18-4-6-20(29)16(2)12-18/h3-12H,13-14H2,1-2H3,(H,32,38)(H,36,37). The predicted molar refractivity (Wildman–Crippen MR) is 150 cm³/mol. The molecule has 14 heteroatoms. The summed E-state index contributed by atoms with van der Waals surface area (Å²) in [5, 5.41) is 25.4. The Kier molecular flexibility index (Phi) is 8.51. The van der Waals surface area contributed by atoms with E-state index in [2.05, 4.69) is 41.4 Å². The molecular formula is C27H22Cl2N8O4. The third-order valence-corrected chi connectivity index (χ3v) is 6.51. The van der Waals surface area contributed by atoms with Gasteiger partial charge >= 0.3 is 6.01 Å². The number of amides is 1. The van der Waals surface area contributed by atoms with Gasteiger partial charge in [0.1, 0.15) is 0 Å². The summed E-state index contributed by atoms with van der Waals surface area (Å²) >= 11 is 12.2. The third kappa shape index (κ3) is 7.24. The van der Waals surface area contributed by atoms with Gasteiger partial charge in [0, 0.05) is 33.3 Å². The van der Waals surface area contributed by atoms with E-state index in [-0.39, 0.29) is 36.9 Å². The van der Waals surface area contributed by atoms with Crippen LogP contribution in [0.25, 0.3) is 22.5 Å². The maximum atomic E-state index is 12.1. The number of hydrazine groups is 1. The van der Waals surface area contributed by atoms with Gasteiger partial charge in [-0.15, -0.1) is 25.5 Å². The van der Waals surface area contributed by atoms with E-state index in [9.17, 15) is 4.79 Å². The number of carbonyl (C=O) groups is 1. The van der Waals surface area contributed by atoms with Gasteiger partial charge in [-0.1, -0.05) is 40.4 Å². The Balaban J connectivity index is 1.05. The molecule has 0 spiro atoms. The molecule has 0 saturated carbocycles. The van der Waals surface area contributed by atoms with Crippen LogP contribution >= 0.6 is 23.2 Å². The van der Waals surface area contributed by atoms with E-state index >= 15 is 0 Å². The zero-order valence-corrected chi connectivity index (χ0v) is 23.3. The molecule has 12 nitrogen and oxygen atoms in total. The fourth-order valence-electron chi connectivity index (χ4n) is 3.51. The Labute approximate surface area is 244 Å². The second kappa shape index (κ2) is 12.6. The van der Waals surface area contributed by atoms with Crippen LogP contribution in [0.1, 0.15) is 17.0 Å². The topological polar surface area (TPSA) is 150 Å². The molecule has 3 heterocycles. The van der Waals surface area contributed by atoms with Gasteiger partial charge in [0.25, 0.3) is 11.8 Å². The third-order valence-electron chi connectivity index (χ3n) is 5.66. The maximum Gasteiger partial charge on any atom is 0.334 e. The summed E-state index contributed by atoms with van der Waals surface area (Å²) < 4.78 is 16.3. The second-order valence-corrected chi connectivity index (χ2v) is 9.51. The average molecular weight is 593 g/mol. The minimum atomic E-state index is -0.508.